The lowest BCUT2D eigenvalue weighted by Gasteiger charge is -2.42. The topological polar surface area (TPSA) is 553 Å². The fourth-order valence-electron chi connectivity index (χ4n) is 10.8. The summed E-state index contributed by atoms with van der Waals surface area (Å²) in [7, 11) is 0. The van der Waals surface area contributed by atoms with Crippen molar-refractivity contribution in [1.82, 2.24) is 42.5 Å². The van der Waals surface area contributed by atoms with Crippen LogP contribution in [0.5, 0.6) is 0 Å². The average Bonchev–Trinajstić information content (AvgIpc) is 0.818. The van der Waals surface area contributed by atoms with Crippen molar-refractivity contribution >= 4 is 47.3 Å². The van der Waals surface area contributed by atoms with Crippen molar-refractivity contribution in [3.05, 3.63) is 0 Å². The minimum absolute atomic E-state index is 0.0309. The summed E-state index contributed by atoms with van der Waals surface area (Å²) >= 11 is 0. The van der Waals surface area contributed by atoms with E-state index >= 15 is 0 Å². The van der Waals surface area contributed by atoms with Gasteiger partial charge in [-0.05, 0) is 19.3 Å². The molecule has 6 unspecified atom stereocenters. The van der Waals surface area contributed by atoms with Gasteiger partial charge in [0.1, 0.15) is 78.6 Å². The third-order valence-electron chi connectivity index (χ3n) is 16.5. The Bertz CT molecular complexity index is 2240. The number of amides is 8. The molecule has 0 aromatic rings. The first-order valence-electron chi connectivity index (χ1n) is 36.6. The molecule has 40 nitrogen and oxygen atoms in total. The van der Waals surface area contributed by atoms with E-state index < -0.39 is 135 Å². The van der Waals surface area contributed by atoms with Crippen molar-refractivity contribution in [2.45, 2.75) is 196 Å². The Morgan fingerprint density at radius 2 is 0.607 bits per heavy atom. The molecule has 0 bridgehead atoms. The van der Waals surface area contributed by atoms with E-state index in [0.717, 1.165) is 12.8 Å². The van der Waals surface area contributed by atoms with Gasteiger partial charge >= 0.3 is 0 Å². The minimum Gasteiger partial charge on any atom is -0.394 e. The Hall–Kier alpha value is -5.20. The van der Waals surface area contributed by atoms with Crippen molar-refractivity contribution in [2.24, 2.45) is 0 Å². The monoisotopic (exact) mass is 1550 g/mol. The maximum absolute atomic E-state index is 13.8. The Labute approximate surface area is 623 Å². The SMILES string of the molecule is CCCCNC(=O)CCCCCCC(=O)NC(COCCC(=O)NCCOCCOCCO[C@@H]1OC(CO)[C@H](O)[C@H](O)C1NC(C)=O)(COCCC(=O)NCCOCCOCCO[C@@H]1OC(CO)[C@H](O)[C@H](O)C1NC(C)=O)COCCC(=O)NCCOCCOCCO[C@@H]1OC(CO)[C@H](O)[C@H](O)C1NC(C)=O. The number of unbranched alkanes of at least 4 members (excludes halogenated alkanes) is 4. The van der Waals surface area contributed by atoms with E-state index in [2.05, 4.69) is 42.5 Å². The second-order valence-corrected chi connectivity index (χ2v) is 25.5. The zero-order chi connectivity index (χ0) is 78.6. The highest BCUT2D eigenvalue weighted by Gasteiger charge is 2.48. The highest BCUT2D eigenvalue weighted by Crippen LogP contribution is 2.25. The molecule has 15 atom stereocenters. The summed E-state index contributed by atoms with van der Waals surface area (Å²) in [6.07, 6.45) is -11.3. The second kappa shape index (κ2) is 57.8. The number of carbonyl (C=O) groups excluding carboxylic acids is 8. The first kappa shape index (κ1) is 96.0. The molecule has 0 aromatic carbocycles. The predicted molar refractivity (Wildman–Crippen MR) is 371 cm³/mol. The van der Waals surface area contributed by atoms with E-state index in [9.17, 15) is 84.3 Å². The lowest BCUT2D eigenvalue weighted by molar-refractivity contribution is -0.272. The molecule has 0 aromatic heterocycles. The van der Waals surface area contributed by atoms with Crippen molar-refractivity contribution in [3.8, 4) is 0 Å². The lowest BCUT2D eigenvalue weighted by atomic mass is 9.97. The summed E-state index contributed by atoms with van der Waals surface area (Å²) in [5.41, 5.74) is -1.42. The van der Waals surface area contributed by atoms with E-state index in [1.807, 2.05) is 6.92 Å². The molecule has 0 radical (unpaired) electrons. The number of nitrogens with one attached hydrogen (secondary N) is 8. The third kappa shape index (κ3) is 41.1. The molecule has 40 heteroatoms. The van der Waals surface area contributed by atoms with Gasteiger partial charge in [-0.15, -0.1) is 0 Å². The van der Waals surface area contributed by atoms with Crippen molar-refractivity contribution in [1.29, 1.82) is 0 Å². The van der Waals surface area contributed by atoms with Gasteiger partial charge in [0.2, 0.25) is 47.3 Å². The van der Waals surface area contributed by atoms with Crippen LogP contribution in [0.25, 0.3) is 0 Å². The molecule has 107 heavy (non-hydrogen) atoms. The zero-order valence-electron chi connectivity index (χ0n) is 62.2. The van der Waals surface area contributed by atoms with Gasteiger partial charge in [-0.25, -0.2) is 0 Å². The van der Waals surface area contributed by atoms with Gasteiger partial charge in [0.15, 0.2) is 18.9 Å². The van der Waals surface area contributed by atoms with Gasteiger partial charge in [-0.2, -0.15) is 0 Å². The number of aliphatic hydroxyl groups is 9. The summed E-state index contributed by atoms with van der Waals surface area (Å²) in [5, 5.41) is 112. The molecule has 3 rings (SSSR count). The van der Waals surface area contributed by atoms with Crippen LogP contribution < -0.4 is 42.5 Å². The molecule has 0 aliphatic carbocycles. The van der Waals surface area contributed by atoms with Crippen LogP contribution in [-0.2, 0) is 109 Å². The third-order valence-corrected chi connectivity index (χ3v) is 16.5. The summed E-state index contributed by atoms with van der Waals surface area (Å²) in [4.78, 5) is 100. The number of hydrogen-bond acceptors (Lipinski definition) is 32. The average molecular weight is 1550 g/mol. The van der Waals surface area contributed by atoms with Crippen LogP contribution in [0.3, 0.4) is 0 Å². The predicted octanol–water partition coefficient (Wildman–Crippen LogP) is -7.35. The standard InChI is InChI=1S/C67H122N8O32/c1-5-6-16-68-50(82)11-9-7-8-10-12-54(86)75-67(41-99-20-13-51(83)69-17-23-93-26-29-96-32-35-102-64-55(72-44(2)79)61(90)58(87)47(38-76)105-64,42-100-21-14-52(84)70-18-24-94-27-30-97-33-36-103-65-56(73-45(3)80)62(91)59(88)48(39-77)106-65)43-101-22-15-53(85)71-19-25-95-28-31-98-34-37-104-66-57(74-46(4)81)63(92)60(89)49(40-78)107-66/h47-49,55-66,76-78,87-92H,5-43H2,1-4H3,(H,68,82)(H,69,83)(H,70,84)(H,71,85)(H,72,79)(H,73,80)(H,74,81)(H,75,86)/t47?,48?,49?,55?,56?,57?,58-,59-,60-,61+,62+,63+,64+,65+,66+,67?/m0/s1. The Morgan fingerprint density at radius 1 is 0.327 bits per heavy atom. The Kier molecular flexibility index (Phi) is 51.9. The molecule has 0 spiro atoms. The zero-order valence-corrected chi connectivity index (χ0v) is 62.2. The Balaban J connectivity index is 1.53. The lowest BCUT2D eigenvalue weighted by Crippen LogP contribution is -2.64. The van der Waals surface area contributed by atoms with Crippen molar-refractivity contribution in [3.63, 3.8) is 0 Å². The van der Waals surface area contributed by atoms with Gasteiger partial charge in [-0.1, -0.05) is 26.2 Å². The smallest absolute Gasteiger partial charge is 0.222 e. The van der Waals surface area contributed by atoms with Crippen LogP contribution in [0, 0.1) is 0 Å². The molecule has 3 aliphatic rings. The van der Waals surface area contributed by atoms with E-state index in [4.69, 9.17) is 71.1 Å². The summed E-state index contributed by atoms with van der Waals surface area (Å²) < 4.78 is 85.0. The Morgan fingerprint density at radius 3 is 0.907 bits per heavy atom. The molecule has 3 aliphatic heterocycles. The van der Waals surface area contributed by atoms with E-state index in [1.54, 1.807) is 0 Å². The summed E-state index contributed by atoms with van der Waals surface area (Å²) in [6, 6.07) is -3.30. The quantitative estimate of drug-likeness (QED) is 0.0252. The largest absolute Gasteiger partial charge is 0.394 e. The van der Waals surface area contributed by atoms with Gasteiger partial charge in [0.25, 0.3) is 0 Å². The van der Waals surface area contributed by atoms with Crippen LogP contribution in [0.1, 0.15) is 98.3 Å². The summed E-state index contributed by atoms with van der Waals surface area (Å²) in [5.74, 6) is -3.05. The molecule has 3 saturated heterocycles. The summed E-state index contributed by atoms with van der Waals surface area (Å²) in [6.45, 7) is 5.18. The van der Waals surface area contributed by atoms with Crippen LogP contribution in [0.15, 0.2) is 0 Å². The van der Waals surface area contributed by atoms with Crippen LogP contribution in [0.4, 0.5) is 0 Å². The minimum atomic E-state index is -1.46. The number of rotatable bonds is 62. The normalized spacial score (nSPS) is 24.9. The van der Waals surface area contributed by atoms with E-state index in [0.29, 0.717) is 38.6 Å². The first-order valence-corrected chi connectivity index (χ1v) is 36.6. The van der Waals surface area contributed by atoms with Gasteiger partial charge in [0.05, 0.1) is 159 Å². The fraction of sp³-hybridized carbons (Fsp3) is 0.881. The molecule has 0 saturated carbocycles. The molecule has 622 valence electrons. The molecular formula is C67H122N8O32. The fourth-order valence-corrected chi connectivity index (χ4v) is 10.8. The highest BCUT2D eigenvalue weighted by molar-refractivity contribution is 5.78. The van der Waals surface area contributed by atoms with Crippen LogP contribution >= 0.6 is 0 Å². The number of aliphatic hydroxyl groups excluding tert-OH is 9. The molecule has 8 amide bonds. The molecule has 3 fully saturated rings. The highest BCUT2D eigenvalue weighted by atomic mass is 16.7. The maximum atomic E-state index is 13.8. The van der Waals surface area contributed by atoms with Crippen molar-refractivity contribution < 1.29 is 155 Å². The van der Waals surface area contributed by atoms with E-state index in [1.165, 1.54) is 20.8 Å². The van der Waals surface area contributed by atoms with Gasteiger partial charge in [-0.3, -0.25) is 38.4 Å². The number of hydrogen-bond donors (Lipinski definition) is 17. The first-order chi connectivity index (χ1) is 51.5. The van der Waals surface area contributed by atoms with Crippen molar-refractivity contribution in [2.75, 3.05) is 185 Å². The second-order valence-electron chi connectivity index (χ2n) is 25.5. The maximum Gasteiger partial charge on any atom is 0.222 e. The van der Waals surface area contributed by atoms with E-state index in [-0.39, 0.29) is 214 Å². The number of ether oxygens (including phenoxy) is 15. The molecular weight excluding hydrogens is 1430 g/mol. The number of carbonyl (C=O) groups is 8. The molecule has 3 heterocycles. The molecule has 17 N–H and O–H groups in total. The van der Waals surface area contributed by atoms with Crippen LogP contribution in [0.2, 0.25) is 0 Å². The van der Waals surface area contributed by atoms with Gasteiger partial charge < -0.3 is 160 Å². The van der Waals surface area contributed by atoms with Crippen LogP contribution in [-0.4, -0.2) is 375 Å². The van der Waals surface area contributed by atoms with Gasteiger partial charge in [0, 0.05) is 79.1 Å².